The van der Waals surface area contributed by atoms with Crippen LogP contribution in [0.25, 0.3) is 0 Å². The summed E-state index contributed by atoms with van der Waals surface area (Å²) in [7, 11) is -2.04. The predicted molar refractivity (Wildman–Crippen MR) is 172 cm³/mol. The fourth-order valence-corrected chi connectivity index (χ4v) is 6.74. The largest absolute Gasteiger partial charge is 0.493 e. The van der Waals surface area contributed by atoms with Crippen molar-refractivity contribution in [3.8, 4) is 5.75 Å². The van der Waals surface area contributed by atoms with Crippen molar-refractivity contribution in [1.82, 2.24) is 10.2 Å². The van der Waals surface area contributed by atoms with Crippen LogP contribution in [0.1, 0.15) is 45.0 Å². The molecule has 2 saturated heterocycles. The van der Waals surface area contributed by atoms with Gasteiger partial charge in [-0.25, -0.2) is 0 Å². The van der Waals surface area contributed by atoms with Gasteiger partial charge in [-0.2, -0.15) is 0 Å². The molecule has 2 aliphatic rings. The highest BCUT2D eigenvalue weighted by molar-refractivity contribution is 9.10. The van der Waals surface area contributed by atoms with Crippen LogP contribution in [0.5, 0.6) is 5.75 Å². The number of fused-ring (bicyclic) bond motifs is 1. The number of likely N-dealkylation sites (tertiary alicyclic amines) is 1. The molecule has 2 heterocycles. The minimum absolute atomic E-state index is 0.0463. The minimum Gasteiger partial charge on any atom is -0.493 e. The molecule has 11 heteroatoms. The lowest BCUT2D eigenvalue weighted by Gasteiger charge is -2.37. The Balaban J connectivity index is 1.50. The molecule has 8 nitrogen and oxygen atoms in total. The molecule has 0 aromatic heterocycles. The summed E-state index contributed by atoms with van der Waals surface area (Å²) in [6.45, 7) is 16.1. The molecule has 0 spiro atoms. The van der Waals surface area contributed by atoms with E-state index >= 15 is 0 Å². The van der Waals surface area contributed by atoms with Crippen molar-refractivity contribution in [3.05, 3.63) is 63.0 Å². The van der Waals surface area contributed by atoms with Gasteiger partial charge in [-0.05, 0) is 68.4 Å². The van der Waals surface area contributed by atoms with Gasteiger partial charge in [-0.1, -0.05) is 64.8 Å². The van der Waals surface area contributed by atoms with Gasteiger partial charge in [0.2, 0.25) is 5.91 Å². The number of hydrogen-bond acceptors (Lipinski definition) is 6. The Kier molecular flexibility index (Phi) is 10.3. The van der Waals surface area contributed by atoms with Crippen LogP contribution in [-0.2, 0) is 18.7 Å². The fourth-order valence-electron chi connectivity index (χ4n) is 4.87. The second-order valence-corrected chi connectivity index (χ2v) is 19.6. The third-order valence-electron chi connectivity index (χ3n) is 8.18. The van der Waals surface area contributed by atoms with Gasteiger partial charge in [-0.15, -0.1) is 0 Å². The van der Waals surface area contributed by atoms with Gasteiger partial charge < -0.3 is 28.9 Å². The Hall–Kier alpha value is -1.76. The molecule has 1 N–H and O–H groups in total. The van der Waals surface area contributed by atoms with Crippen LogP contribution in [0.2, 0.25) is 18.1 Å². The maximum atomic E-state index is 13.9. The number of ether oxygens (including phenoxy) is 3. The quantitative estimate of drug-likeness (QED) is 0.286. The second kappa shape index (κ2) is 13.1. The van der Waals surface area contributed by atoms with Gasteiger partial charge >= 0.3 is 0 Å². The Labute approximate surface area is 267 Å². The SMILES string of the molecule is CC1(C)O[C@H]2[C@H](CN(C(=O)c3cccc(Br)c3)[C@@H]2C(=O)NC[C@H](COc2cccc(Br)c2)CO[Si](C)(C)C(C)(C)C)O1. The second-order valence-electron chi connectivity index (χ2n) is 13.0. The number of benzene rings is 2. The average molecular weight is 727 g/mol. The van der Waals surface area contributed by atoms with E-state index in [9.17, 15) is 9.59 Å². The number of rotatable bonds is 10. The third kappa shape index (κ3) is 8.03. The highest BCUT2D eigenvalue weighted by Crippen LogP contribution is 2.38. The van der Waals surface area contributed by atoms with E-state index in [1.807, 2.05) is 44.2 Å². The predicted octanol–water partition coefficient (Wildman–Crippen LogP) is 6.39. The van der Waals surface area contributed by atoms with Crippen molar-refractivity contribution < 1.29 is 28.2 Å². The molecule has 2 aliphatic heterocycles. The Morgan fingerprint density at radius 2 is 1.74 bits per heavy atom. The van der Waals surface area contributed by atoms with E-state index in [1.54, 1.807) is 23.1 Å². The van der Waals surface area contributed by atoms with Crippen molar-refractivity contribution in [2.45, 2.75) is 76.8 Å². The lowest BCUT2D eigenvalue weighted by molar-refractivity contribution is -0.162. The van der Waals surface area contributed by atoms with Gasteiger partial charge in [0.25, 0.3) is 5.91 Å². The van der Waals surface area contributed by atoms with Crippen LogP contribution >= 0.6 is 31.9 Å². The molecule has 230 valence electrons. The van der Waals surface area contributed by atoms with Crippen LogP contribution < -0.4 is 10.1 Å². The van der Waals surface area contributed by atoms with E-state index in [1.165, 1.54) is 0 Å². The summed E-state index contributed by atoms with van der Waals surface area (Å²) >= 11 is 6.93. The number of amides is 2. The van der Waals surface area contributed by atoms with Crippen LogP contribution in [0.4, 0.5) is 0 Å². The minimum atomic E-state index is -2.04. The zero-order valence-corrected chi connectivity index (χ0v) is 29.6. The lowest BCUT2D eigenvalue weighted by Crippen LogP contribution is -2.52. The average Bonchev–Trinajstić information content (AvgIpc) is 3.38. The van der Waals surface area contributed by atoms with Crippen LogP contribution in [0, 0.1) is 5.92 Å². The first-order chi connectivity index (χ1) is 19.6. The van der Waals surface area contributed by atoms with Crippen LogP contribution in [-0.4, -0.2) is 75.4 Å². The summed E-state index contributed by atoms with van der Waals surface area (Å²) < 4.78 is 26.6. The molecule has 0 bridgehead atoms. The summed E-state index contributed by atoms with van der Waals surface area (Å²) in [6.07, 6.45) is -0.972. The third-order valence-corrected chi connectivity index (χ3v) is 13.7. The van der Waals surface area contributed by atoms with E-state index in [0.29, 0.717) is 25.3 Å². The summed E-state index contributed by atoms with van der Waals surface area (Å²) in [5.41, 5.74) is 0.490. The number of carbonyl (C=O) groups is 2. The van der Waals surface area contributed by atoms with Crippen LogP contribution in [0.15, 0.2) is 57.5 Å². The van der Waals surface area contributed by atoms with Gasteiger partial charge in [0.05, 0.1) is 13.2 Å². The van der Waals surface area contributed by atoms with Crippen molar-refractivity contribution in [3.63, 3.8) is 0 Å². The molecule has 4 atom stereocenters. The molecular weight excluding hydrogens is 684 g/mol. The number of nitrogens with one attached hydrogen (secondary N) is 1. The highest BCUT2D eigenvalue weighted by Gasteiger charge is 2.56. The van der Waals surface area contributed by atoms with Gasteiger partial charge in [0.15, 0.2) is 14.1 Å². The zero-order valence-electron chi connectivity index (χ0n) is 25.4. The monoisotopic (exact) mass is 724 g/mol. The fraction of sp³-hybridized carbons (Fsp3) is 0.548. The van der Waals surface area contributed by atoms with Crippen molar-refractivity contribution in [1.29, 1.82) is 0 Å². The maximum Gasteiger partial charge on any atom is 0.254 e. The zero-order chi connectivity index (χ0) is 30.9. The number of nitrogens with zero attached hydrogens (tertiary/aromatic N) is 1. The van der Waals surface area contributed by atoms with Gasteiger partial charge in [-0.3, -0.25) is 9.59 Å². The molecule has 0 unspecified atom stereocenters. The molecule has 0 aliphatic carbocycles. The number of halogens is 2. The maximum absolute atomic E-state index is 13.9. The van der Waals surface area contributed by atoms with Gasteiger partial charge in [0.1, 0.15) is 24.0 Å². The van der Waals surface area contributed by atoms with Crippen molar-refractivity contribution >= 4 is 52.0 Å². The normalized spacial score (nSPS) is 22.5. The first-order valence-corrected chi connectivity index (χ1v) is 18.8. The van der Waals surface area contributed by atoms with E-state index in [2.05, 4.69) is 71.0 Å². The lowest BCUT2D eigenvalue weighted by atomic mass is 10.1. The molecule has 42 heavy (non-hydrogen) atoms. The molecular formula is C31H42Br2N2O6Si. The standard InChI is InChI=1S/C31H42Br2N2O6Si/c1-30(2,3)42(6,7)39-19-20(18-38-24-13-9-12-23(33)15-24)16-34-28(36)26-27-25(40-31(4,5)41-27)17-35(26)29(37)21-10-8-11-22(32)14-21/h8-15,20,25-27H,16-19H2,1-7H3,(H,34,36)/t20-,25+,26+,27+/m1/s1. The Morgan fingerprint density at radius 1 is 1.07 bits per heavy atom. The molecule has 4 rings (SSSR count). The van der Waals surface area contributed by atoms with Crippen molar-refractivity contribution in [2.24, 2.45) is 5.92 Å². The van der Waals surface area contributed by atoms with E-state index in [0.717, 1.165) is 14.7 Å². The topological polar surface area (TPSA) is 86.3 Å². The summed E-state index contributed by atoms with van der Waals surface area (Å²) in [5, 5.41) is 3.15. The number of carbonyl (C=O) groups excluding carboxylic acids is 2. The molecule has 2 aromatic carbocycles. The molecule has 2 fully saturated rings. The molecule has 2 amide bonds. The first-order valence-electron chi connectivity index (χ1n) is 14.3. The summed E-state index contributed by atoms with van der Waals surface area (Å²) in [4.78, 5) is 29.1. The smallest absolute Gasteiger partial charge is 0.254 e. The summed E-state index contributed by atoms with van der Waals surface area (Å²) in [5.74, 6) is -0.753. The molecule has 0 radical (unpaired) electrons. The highest BCUT2D eigenvalue weighted by atomic mass is 79.9. The van der Waals surface area contributed by atoms with Crippen LogP contribution in [0.3, 0.4) is 0 Å². The molecule has 0 saturated carbocycles. The van der Waals surface area contributed by atoms with Gasteiger partial charge in [0, 0.05) is 33.6 Å². The van der Waals surface area contributed by atoms with E-state index < -0.39 is 32.4 Å². The summed E-state index contributed by atoms with van der Waals surface area (Å²) in [6, 6.07) is 14.0. The first kappa shape index (κ1) is 33.1. The Bertz CT molecular complexity index is 1280. The van der Waals surface area contributed by atoms with E-state index in [-0.39, 0.29) is 29.3 Å². The Morgan fingerprint density at radius 3 is 2.38 bits per heavy atom. The van der Waals surface area contributed by atoms with Crippen molar-refractivity contribution in [2.75, 3.05) is 26.3 Å². The molecule has 2 aromatic rings. The van der Waals surface area contributed by atoms with E-state index in [4.69, 9.17) is 18.6 Å². The number of hydrogen-bond donors (Lipinski definition) is 1.